The van der Waals surface area contributed by atoms with Crippen molar-refractivity contribution in [2.75, 3.05) is 6.61 Å². The van der Waals surface area contributed by atoms with Crippen LogP contribution in [0.2, 0.25) is 0 Å². The second-order valence-electron chi connectivity index (χ2n) is 5.47. The Hall–Kier alpha value is -1.43. The molecule has 0 aliphatic carbocycles. The van der Waals surface area contributed by atoms with Crippen molar-refractivity contribution < 1.29 is 9.53 Å². The predicted molar refractivity (Wildman–Crippen MR) is 70.3 cm³/mol. The Labute approximate surface area is 113 Å². The first-order valence-corrected chi connectivity index (χ1v) is 6.89. The Kier molecular flexibility index (Phi) is 4.90. The fourth-order valence-electron chi connectivity index (χ4n) is 2.33. The van der Waals surface area contributed by atoms with Crippen molar-refractivity contribution in [1.82, 2.24) is 20.3 Å². The zero-order valence-electron chi connectivity index (χ0n) is 11.6. The van der Waals surface area contributed by atoms with Crippen LogP contribution < -0.4 is 5.32 Å². The van der Waals surface area contributed by atoms with Gasteiger partial charge in [-0.05, 0) is 25.2 Å². The monoisotopic (exact) mass is 266 g/mol. The number of ether oxygens (including phenoxy) is 1. The Morgan fingerprint density at radius 3 is 3.16 bits per heavy atom. The largest absolute Gasteiger partial charge is 0.357 e. The molecule has 6 heteroatoms. The van der Waals surface area contributed by atoms with Gasteiger partial charge in [0.05, 0.1) is 24.5 Å². The number of hydrogen-bond donors (Lipinski definition) is 1. The number of amides is 1. The lowest BCUT2D eigenvalue weighted by molar-refractivity contribution is -0.122. The lowest BCUT2D eigenvalue weighted by atomic mass is 10.0. The normalized spacial score (nSPS) is 21.6. The molecule has 19 heavy (non-hydrogen) atoms. The topological polar surface area (TPSA) is 69.0 Å². The van der Waals surface area contributed by atoms with Crippen molar-refractivity contribution in [1.29, 1.82) is 0 Å². The van der Waals surface area contributed by atoms with Gasteiger partial charge in [-0.1, -0.05) is 19.1 Å². The summed E-state index contributed by atoms with van der Waals surface area (Å²) < 4.78 is 7.42. The van der Waals surface area contributed by atoms with Gasteiger partial charge in [-0.3, -0.25) is 4.79 Å². The van der Waals surface area contributed by atoms with E-state index in [0.717, 1.165) is 25.0 Å². The molecule has 0 unspecified atom stereocenters. The van der Waals surface area contributed by atoms with Crippen LogP contribution in [0, 0.1) is 5.92 Å². The van der Waals surface area contributed by atoms with Gasteiger partial charge < -0.3 is 10.1 Å². The molecule has 1 aromatic rings. The van der Waals surface area contributed by atoms with Gasteiger partial charge >= 0.3 is 0 Å². The van der Waals surface area contributed by atoms with E-state index >= 15 is 0 Å². The molecule has 0 aromatic carbocycles. The van der Waals surface area contributed by atoms with E-state index in [-0.39, 0.29) is 11.9 Å². The molecule has 1 amide bonds. The molecule has 106 valence electrons. The smallest absolute Gasteiger partial charge is 0.220 e. The second-order valence-corrected chi connectivity index (χ2v) is 5.47. The van der Waals surface area contributed by atoms with Gasteiger partial charge in [0.25, 0.3) is 0 Å². The minimum atomic E-state index is 0.0811. The van der Waals surface area contributed by atoms with Crippen LogP contribution in [0.25, 0.3) is 0 Å². The molecule has 2 heterocycles. The first-order valence-electron chi connectivity index (χ1n) is 6.89. The molecule has 0 bridgehead atoms. The standard InChI is InChI=1S/C13H22N4O2/c1-10(2)6-11-8-19-9-17-12(7-14-16-17)4-3-5-13(18)15-11/h7,10-11H,3-6,8-9H2,1-2H3,(H,15,18)/t11-/m1/s1. The van der Waals surface area contributed by atoms with E-state index in [0.29, 0.717) is 25.7 Å². The summed E-state index contributed by atoms with van der Waals surface area (Å²) in [7, 11) is 0. The molecule has 1 aliphatic heterocycles. The van der Waals surface area contributed by atoms with Crippen molar-refractivity contribution >= 4 is 5.91 Å². The van der Waals surface area contributed by atoms with Crippen LogP contribution in [-0.4, -0.2) is 33.5 Å². The fraction of sp³-hybridized carbons (Fsp3) is 0.769. The van der Waals surface area contributed by atoms with Crippen LogP contribution in [0.1, 0.15) is 38.8 Å². The number of aryl methyl sites for hydroxylation is 1. The maximum atomic E-state index is 11.9. The number of hydrogen-bond acceptors (Lipinski definition) is 4. The molecule has 0 fully saturated rings. The summed E-state index contributed by atoms with van der Waals surface area (Å²) in [5.41, 5.74) is 1.02. The molecular weight excluding hydrogens is 244 g/mol. The summed E-state index contributed by atoms with van der Waals surface area (Å²) >= 11 is 0. The van der Waals surface area contributed by atoms with Crippen molar-refractivity contribution in [2.24, 2.45) is 5.92 Å². The number of nitrogens with one attached hydrogen (secondary N) is 1. The van der Waals surface area contributed by atoms with Gasteiger partial charge in [-0.2, -0.15) is 0 Å². The highest BCUT2D eigenvalue weighted by molar-refractivity contribution is 5.76. The summed E-state index contributed by atoms with van der Waals surface area (Å²) in [6.07, 6.45) is 4.83. The first kappa shape index (κ1) is 14.0. The third-order valence-electron chi connectivity index (χ3n) is 3.19. The number of rotatable bonds is 2. The van der Waals surface area contributed by atoms with E-state index in [9.17, 15) is 4.79 Å². The first-order chi connectivity index (χ1) is 9.15. The number of carbonyl (C=O) groups excluding carboxylic acids is 1. The third kappa shape index (κ3) is 4.31. The minimum Gasteiger partial charge on any atom is -0.357 e. The number of nitrogens with zero attached hydrogens (tertiary/aromatic N) is 3. The minimum absolute atomic E-state index is 0.0811. The molecule has 2 rings (SSSR count). The maximum absolute atomic E-state index is 11.9. The Bertz CT molecular complexity index is 417. The zero-order chi connectivity index (χ0) is 13.7. The number of carbonyl (C=O) groups is 1. The van der Waals surface area contributed by atoms with Gasteiger partial charge in [0.1, 0.15) is 6.73 Å². The number of aromatic nitrogens is 3. The third-order valence-corrected chi connectivity index (χ3v) is 3.19. The summed E-state index contributed by atoms with van der Waals surface area (Å²) in [5.74, 6) is 0.635. The van der Waals surface area contributed by atoms with Crippen LogP contribution in [0.15, 0.2) is 6.20 Å². The van der Waals surface area contributed by atoms with Gasteiger partial charge in [0.15, 0.2) is 0 Å². The highest BCUT2D eigenvalue weighted by Gasteiger charge is 2.16. The highest BCUT2D eigenvalue weighted by atomic mass is 16.5. The molecule has 0 saturated carbocycles. The predicted octanol–water partition coefficient (Wildman–Crippen LogP) is 1.12. The van der Waals surface area contributed by atoms with E-state index in [4.69, 9.17) is 4.74 Å². The van der Waals surface area contributed by atoms with Crippen LogP contribution in [0.4, 0.5) is 0 Å². The van der Waals surface area contributed by atoms with Gasteiger partial charge in [0, 0.05) is 6.42 Å². The van der Waals surface area contributed by atoms with Crippen LogP contribution in [0.5, 0.6) is 0 Å². The molecule has 0 radical (unpaired) electrons. The maximum Gasteiger partial charge on any atom is 0.220 e. The molecule has 1 aromatic heterocycles. The quantitative estimate of drug-likeness (QED) is 0.871. The summed E-state index contributed by atoms with van der Waals surface area (Å²) in [5, 5.41) is 10.9. The van der Waals surface area contributed by atoms with E-state index in [1.54, 1.807) is 10.9 Å². The highest BCUT2D eigenvalue weighted by Crippen LogP contribution is 2.09. The van der Waals surface area contributed by atoms with Crippen molar-refractivity contribution in [2.45, 2.75) is 52.3 Å². The second kappa shape index (κ2) is 6.65. The average Bonchev–Trinajstić information content (AvgIpc) is 2.74. The average molecular weight is 266 g/mol. The zero-order valence-corrected chi connectivity index (χ0v) is 11.6. The fourth-order valence-corrected chi connectivity index (χ4v) is 2.33. The van der Waals surface area contributed by atoms with Gasteiger partial charge in [-0.15, -0.1) is 5.10 Å². The van der Waals surface area contributed by atoms with Gasteiger partial charge in [0.2, 0.25) is 5.91 Å². The molecule has 1 aliphatic rings. The van der Waals surface area contributed by atoms with Gasteiger partial charge in [-0.25, -0.2) is 4.68 Å². The lowest BCUT2D eigenvalue weighted by Gasteiger charge is -2.20. The van der Waals surface area contributed by atoms with E-state index < -0.39 is 0 Å². The lowest BCUT2D eigenvalue weighted by Crippen LogP contribution is -2.39. The van der Waals surface area contributed by atoms with Crippen molar-refractivity contribution in [3.8, 4) is 0 Å². The summed E-state index contributed by atoms with van der Waals surface area (Å²) in [6, 6.07) is 0.0811. The summed E-state index contributed by atoms with van der Waals surface area (Å²) in [4.78, 5) is 11.9. The van der Waals surface area contributed by atoms with E-state index in [1.165, 1.54) is 0 Å². The van der Waals surface area contributed by atoms with Crippen LogP contribution >= 0.6 is 0 Å². The molecular formula is C13H22N4O2. The Balaban J connectivity index is 2.01. The molecule has 1 atom stereocenters. The van der Waals surface area contributed by atoms with Crippen molar-refractivity contribution in [3.05, 3.63) is 11.9 Å². The molecule has 0 spiro atoms. The Morgan fingerprint density at radius 2 is 2.37 bits per heavy atom. The molecule has 1 N–H and O–H groups in total. The van der Waals surface area contributed by atoms with Crippen LogP contribution in [0.3, 0.4) is 0 Å². The SMILES string of the molecule is CC(C)C[C@@H]1COCn2nncc2CCCC(=O)N1. The summed E-state index contributed by atoms with van der Waals surface area (Å²) in [6.45, 7) is 5.21. The van der Waals surface area contributed by atoms with Crippen molar-refractivity contribution in [3.63, 3.8) is 0 Å². The van der Waals surface area contributed by atoms with E-state index in [2.05, 4.69) is 29.5 Å². The number of fused-ring (bicyclic) bond motifs is 1. The molecule has 0 saturated heterocycles. The Morgan fingerprint density at radius 1 is 1.53 bits per heavy atom. The van der Waals surface area contributed by atoms with Crippen LogP contribution in [-0.2, 0) is 22.7 Å². The molecule has 6 nitrogen and oxygen atoms in total. The van der Waals surface area contributed by atoms with E-state index in [1.807, 2.05) is 0 Å².